The lowest BCUT2D eigenvalue weighted by molar-refractivity contribution is 1.01. The lowest BCUT2D eigenvalue weighted by atomic mass is 9.92. The maximum absolute atomic E-state index is 5.33. The van der Waals surface area contributed by atoms with E-state index in [0.717, 1.165) is 33.2 Å². The first-order valence-corrected chi connectivity index (χ1v) is 16.4. The Labute approximate surface area is 267 Å². The van der Waals surface area contributed by atoms with Crippen molar-refractivity contribution < 1.29 is 0 Å². The Hall–Kier alpha value is -5.84. The predicted octanol–water partition coefficient (Wildman–Crippen LogP) is 11.6. The molecule has 0 radical (unpaired) electrons. The first kappa shape index (κ1) is 24.5. The van der Waals surface area contributed by atoms with Crippen molar-refractivity contribution in [2.24, 2.45) is 0 Å². The number of benzene rings is 7. The number of fused-ring (bicyclic) bond motifs is 7. The minimum Gasteiger partial charge on any atom is -0.278 e. The molecule has 1 aliphatic carbocycles. The monoisotopic (exact) mass is 601 g/mol. The van der Waals surface area contributed by atoms with Gasteiger partial charge >= 0.3 is 0 Å². The van der Waals surface area contributed by atoms with Crippen molar-refractivity contribution in [2.45, 2.75) is 0 Å². The SMILES string of the molecule is c1ccc(-c2nc(-n3c4cccc5c4c4c6c(cccc6ccc43)-c3cc4c(cc3-5)sc3ccccc34)nc3ccccc23)cc1. The van der Waals surface area contributed by atoms with Crippen LogP contribution in [0.2, 0.25) is 0 Å². The van der Waals surface area contributed by atoms with Crippen molar-refractivity contribution >= 4 is 75.0 Å². The molecule has 0 aliphatic heterocycles. The summed E-state index contributed by atoms with van der Waals surface area (Å²) in [5.74, 6) is 0.687. The second-order valence-corrected chi connectivity index (χ2v) is 13.2. The van der Waals surface area contributed by atoms with Crippen LogP contribution in [-0.4, -0.2) is 14.5 Å². The Morgan fingerprint density at radius 3 is 2.11 bits per heavy atom. The zero-order chi connectivity index (χ0) is 29.9. The third kappa shape index (κ3) is 3.16. The minimum absolute atomic E-state index is 0.687. The Morgan fingerprint density at radius 1 is 0.457 bits per heavy atom. The van der Waals surface area contributed by atoms with Gasteiger partial charge in [-0.05, 0) is 69.4 Å². The fourth-order valence-electron chi connectivity index (χ4n) is 7.79. The zero-order valence-electron chi connectivity index (χ0n) is 24.5. The van der Waals surface area contributed by atoms with Gasteiger partial charge in [0.25, 0.3) is 0 Å². The number of nitrogens with zero attached hydrogens (tertiary/aromatic N) is 3. The molecule has 0 fully saturated rings. The summed E-state index contributed by atoms with van der Waals surface area (Å²) in [6, 6.07) is 50.4. The van der Waals surface area contributed by atoms with Gasteiger partial charge < -0.3 is 0 Å². The molecule has 7 aromatic carbocycles. The summed E-state index contributed by atoms with van der Waals surface area (Å²) in [5.41, 5.74) is 10.3. The van der Waals surface area contributed by atoms with E-state index < -0.39 is 0 Å². The van der Waals surface area contributed by atoms with E-state index in [-0.39, 0.29) is 0 Å². The Morgan fingerprint density at radius 2 is 1.20 bits per heavy atom. The van der Waals surface area contributed by atoms with Crippen LogP contribution >= 0.6 is 11.3 Å². The number of rotatable bonds is 2. The summed E-state index contributed by atoms with van der Waals surface area (Å²) >= 11 is 1.88. The first-order valence-electron chi connectivity index (χ1n) is 15.6. The Bertz CT molecular complexity index is 2910. The summed E-state index contributed by atoms with van der Waals surface area (Å²) < 4.78 is 4.92. The van der Waals surface area contributed by atoms with E-state index in [9.17, 15) is 0 Å². The number of hydrogen-bond donors (Lipinski definition) is 0. The van der Waals surface area contributed by atoms with E-state index in [0.29, 0.717) is 5.95 Å². The van der Waals surface area contributed by atoms with E-state index >= 15 is 0 Å². The summed E-state index contributed by atoms with van der Waals surface area (Å²) in [6.45, 7) is 0. The second-order valence-electron chi connectivity index (χ2n) is 12.1. The van der Waals surface area contributed by atoms with Crippen molar-refractivity contribution in [1.29, 1.82) is 0 Å². The highest BCUT2D eigenvalue weighted by atomic mass is 32.1. The van der Waals surface area contributed by atoms with Crippen molar-refractivity contribution in [2.75, 3.05) is 0 Å². The molecule has 0 N–H and O–H groups in total. The summed E-state index contributed by atoms with van der Waals surface area (Å²) in [7, 11) is 0. The normalized spacial score (nSPS) is 12.3. The highest BCUT2D eigenvalue weighted by Gasteiger charge is 2.26. The topological polar surface area (TPSA) is 30.7 Å². The molecular formula is C42H23N3S. The lowest BCUT2D eigenvalue weighted by Crippen LogP contribution is -2.03. The molecule has 0 saturated heterocycles. The first-order chi connectivity index (χ1) is 22.8. The minimum atomic E-state index is 0.687. The van der Waals surface area contributed by atoms with Gasteiger partial charge in [0, 0.05) is 41.9 Å². The maximum atomic E-state index is 5.33. The smallest absolute Gasteiger partial charge is 0.235 e. The fraction of sp³-hybridized carbons (Fsp3) is 0. The van der Waals surface area contributed by atoms with Crippen LogP contribution in [0, 0.1) is 0 Å². The molecule has 0 unspecified atom stereocenters. The number of para-hydroxylation sites is 1. The van der Waals surface area contributed by atoms with E-state index in [4.69, 9.17) is 9.97 Å². The predicted molar refractivity (Wildman–Crippen MR) is 194 cm³/mol. The molecule has 46 heavy (non-hydrogen) atoms. The second kappa shape index (κ2) is 8.87. The van der Waals surface area contributed by atoms with Crippen molar-refractivity contribution in [1.82, 2.24) is 14.5 Å². The van der Waals surface area contributed by atoms with Crippen LogP contribution in [0.1, 0.15) is 0 Å². The highest BCUT2D eigenvalue weighted by molar-refractivity contribution is 7.25. The average molecular weight is 602 g/mol. The van der Waals surface area contributed by atoms with Gasteiger partial charge in [-0.25, -0.2) is 9.97 Å². The van der Waals surface area contributed by atoms with Gasteiger partial charge in [-0.1, -0.05) is 103 Å². The Balaban J connectivity index is 1.31. The van der Waals surface area contributed by atoms with E-state index in [2.05, 4.69) is 138 Å². The lowest BCUT2D eigenvalue weighted by Gasteiger charge is -2.15. The molecule has 3 heterocycles. The van der Waals surface area contributed by atoms with Crippen LogP contribution in [0.4, 0.5) is 0 Å². The number of aromatic nitrogens is 3. The van der Waals surface area contributed by atoms with E-state index in [1.807, 2.05) is 17.4 Å². The van der Waals surface area contributed by atoms with Gasteiger partial charge in [0.1, 0.15) is 0 Å². The average Bonchev–Trinajstić information content (AvgIpc) is 3.62. The fourth-order valence-corrected chi connectivity index (χ4v) is 8.92. The van der Waals surface area contributed by atoms with Crippen LogP contribution in [0.15, 0.2) is 140 Å². The largest absolute Gasteiger partial charge is 0.278 e. The summed E-state index contributed by atoms with van der Waals surface area (Å²) in [4.78, 5) is 10.5. The van der Waals surface area contributed by atoms with Gasteiger partial charge in [-0.3, -0.25) is 4.57 Å². The summed E-state index contributed by atoms with van der Waals surface area (Å²) in [5, 5.41) is 8.75. The molecular weight excluding hydrogens is 579 g/mol. The number of thiophene rings is 1. The van der Waals surface area contributed by atoms with Crippen LogP contribution in [0.25, 0.3) is 103 Å². The molecule has 11 rings (SSSR count). The molecule has 0 saturated carbocycles. The maximum Gasteiger partial charge on any atom is 0.235 e. The van der Waals surface area contributed by atoms with Crippen LogP contribution in [0.3, 0.4) is 0 Å². The van der Waals surface area contributed by atoms with Gasteiger partial charge in [0.2, 0.25) is 5.95 Å². The zero-order valence-corrected chi connectivity index (χ0v) is 25.3. The third-order valence-electron chi connectivity index (χ3n) is 9.73. The summed E-state index contributed by atoms with van der Waals surface area (Å²) in [6.07, 6.45) is 0. The van der Waals surface area contributed by atoms with Gasteiger partial charge in [-0.15, -0.1) is 11.3 Å². The standard InChI is InChI=1S/C42H23N3S/c1-2-10-25(11-3-1)41-29-14-4-6-17-33(29)43-42(44-41)45-34-18-9-16-28-31-23-37-32(26-13-5-7-19-36(26)46-37)22-30(31)27-15-8-12-24-20-21-35(45)40(38(24)27)39(28)34/h1-23H. The van der Waals surface area contributed by atoms with Crippen molar-refractivity contribution in [3.63, 3.8) is 0 Å². The molecule has 3 aromatic heterocycles. The molecule has 212 valence electrons. The van der Waals surface area contributed by atoms with E-state index in [1.54, 1.807) is 0 Å². The third-order valence-corrected chi connectivity index (χ3v) is 10.9. The Kier molecular flexibility index (Phi) is 4.72. The molecule has 0 amide bonds. The molecule has 0 atom stereocenters. The van der Waals surface area contributed by atoms with Gasteiger partial charge in [0.15, 0.2) is 0 Å². The molecule has 3 nitrogen and oxygen atoms in total. The van der Waals surface area contributed by atoms with Crippen molar-refractivity contribution in [3.05, 3.63) is 140 Å². The highest BCUT2D eigenvalue weighted by Crippen LogP contribution is 2.51. The molecule has 4 heteroatoms. The molecule has 0 bridgehead atoms. The molecule has 0 spiro atoms. The van der Waals surface area contributed by atoms with E-state index in [1.165, 1.54) is 64.0 Å². The van der Waals surface area contributed by atoms with Gasteiger partial charge in [-0.2, -0.15) is 0 Å². The van der Waals surface area contributed by atoms with Crippen molar-refractivity contribution in [3.8, 4) is 39.5 Å². The van der Waals surface area contributed by atoms with Crippen LogP contribution in [-0.2, 0) is 0 Å². The molecule has 1 aliphatic rings. The number of hydrogen-bond acceptors (Lipinski definition) is 3. The molecule has 10 aromatic rings. The van der Waals surface area contributed by atoms with Gasteiger partial charge in [0.05, 0.1) is 22.2 Å². The van der Waals surface area contributed by atoms with Crippen LogP contribution < -0.4 is 0 Å². The van der Waals surface area contributed by atoms with Crippen LogP contribution in [0.5, 0.6) is 0 Å². The quantitative estimate of drug-likeness (QED) is 0.197.